The lowest BCUT2D eigenvalue weighted by molar-refractivity contribution is -0.149. The number of carbonyl (C=O) groups excluding carboxylic acids is 1. The van der Waals surface area contributed by atoms with E-state index in [0.29, 0.717) is 19.7 Å². The maximum Gasteiger partial charge on any atom is 0.246 e. The van der Waals surface area contributed by atoms with Gasteiger partial charge in [-0.15, -0.1) is 11.8 Å². The number of hydrogen-bond donors (Lipinski definition) is 0. The molecule has 7 heteroatoms. The van der Waals surface area contributed by atoms with Gasteiger partial charge in [-0.25, -0.2) is 9.97 Å². The summed E-state index contributed by atoms with van der Waals surface area (Å²) < 4.78 is 6.16. The van der Waals surface area contributed by atoms with E-state index in [4.69, 9.17) is 4.74 Å². The van der Waals surface area contributed by atoms with Crippen LogP contribution in [0.5, 0.6) is 0 Å². The highest BCUT2D eigenvalue weighted by Gasteiger charge is 2.41. The Kier molecular flexibility index (Phi) is 6.19. The molecule has 1 amide bonds. The maximum absolute atomic E-state index is 12.5. The zero-order valence-electron chi connectivity index (χ0n) is 15.9. The van der Waals surface area contributed by atoms with Crippen LogP contribution in [0.25, 0.3) is 0 Å². The summed E-state index contributed by atoms with van der Waals surface area (Å²) in [7, 11) is 0. The summed E-state index contributed by atoms with van der Waals surface area (Å²) in [6.07, 6.45) is 8.30. The molecule has 1 aromatic rings. The molecule has 3 heterocycles. The van der Waals surface area contributed by atoms with Gasteiger partial charge in [0.2, 0.25) is 11.9 Å². The van der Waals surface area contributed by atoms with Crippen LogP contribution in [0.4, 0.5) is 5.95 Å². The Hall–Kier alpha value is -1.60. The molecule has 2 saturated heterocycles. The van der Waals surface area contributed by atoms with Gasteiger partial charge in [0, 0.05) is 31.9 Å². The Morgan fingerprint density at radius 3 is 2.85 bits per heavy atom. The Bertz CT molecular complexity index is 671. The molecule has 142 valence electrons. The summed E-state index contributed by atoms with van der Waals surface area (Å²) in [5, 5.41) is 0.985. The van der Waals surface area contributed by atoms with Crippen LogP contribution >= 0.6 is 11.8 Å². The molecule has 0 aromatic carbocycles. The summed E-state index contributed by atoms with van der Waals surface area (Å²) in [6.45, 7) is 7.76. The molecule has 2 aliphatic heterocycles. The number of anilines is 1. The van der Waals surface area contributed by atoms with E-state index in [0.717, 1.165) is 48.9 Å². The number of piperidine rings is 1. The minimum atomic E-state index is -0.227. The average molecular weight is 377 g/mol. The van der Waals surface area contributed by atoms with Crippen LogP contribution in [-0.2, 0) is 9.53 Å². The number of amides is 1. The third-order valence-corrected chi connectivity index (χ3v) is 5.92. The fourth-order valence-electron chi connectivity index (χ4n) is 3.45. The zero-order chi connectivity index (χ0) is 18.6. The maximum atomic E-state index is 12.5. The van der Waals surface area contributed by atoms with Gasteiger partial charge in [-0.05, 0) is 38.5 Å². The van der Waals surface area contributed by atoms with Crippen molar-refractivity contribution in [2.75, 3.05) is 43.9 Å². The van der Waals surface area contributed by atoms with E-state index in [2.05, 4.69) is 21.8 Å². The number of ether oxygens (including phenoxy) is 1. The van der Waals surface area contributed by atoms with E-state index < -0.39 is 0 Å². The summed E-state index contributed by atoms with van der Waals surface area (Å²) >= 11 is 1.63. The van der Waals surface area contributed by atoms with Gasteiger partial charge in [-0.3, -0.25) is 4.79 Å². The highest BCUT2D eigenvalue weighted by atomic mass is 32.2. The van der Waals surface area contributed by atoms with Crippen molar-refractivity contribution in [3.05, 3.63) is 23.9 Å². The number of thioether (sulfide) groups is 1. The van der Waals surface area contributed by atoms with Gasteiger partial charge >= 0.3 is 0 Å². The number of carbonyl (C=O) groups is 1. The first-order valence-corrected chi connectivity index (χ1v) is 10.5. The molecular weight excluding hydrogens is 348 g/mol. The van der Waals surface area contributed by atoms with Crippen molar-refractivity contribution in [1.29, 1.82) is 0 Å². The average Bonchev–Trinajstić information content (AvgIpc) is 2.68. The molecule has 0 unspecified atom stereocenters. The molecule has 3 rings (SSSR count). The van der Waals surface area contributed by atoms with E-state index >= 15 is 0 Å². The number of rotatable bonds is 4. The lowest BCUT2D eigenvalue weighted by Gasteiger charge is -2.47. The zero-order valence-corrected chi connectivity index (χ0v) is 16.7. The molecule has 1 spiro atoms. The molecule has 2 fully saturated rings. The van der Waals surface area contributed by atoms with Crippen LogP contribution < -0.4 is 4.90 Å². The van der Waals surface area contributed by atoms with E-state index in [1.165, 1.54) is 0 Å². The standard InChI is InChI=1S/C19H28N4O2S/c1-4-15(2)13-17(24)23-11-12-25-19(14-23)6-9-22(10-7-19)18-20-8-5-16(21-18)26-3/h5,8,13H,4,6-7,9-12,14H2,1-3H3/b15-13+. The lowest BCUT2D eigenvalue weighted by Crippen LogP contribution is -2.58. The second-order valence-electron chi connectivity index (χ2n) is 7.02. The van der Waals surface area contributed by atoms with Crippen molar-refractivity contribution in [2.45, 2.75) is 43.7 Å². The molecule has 26 heavy (non-hydrogen) atoms. The molecule has 2 aliphatic rings. The third-order valence-electron chi connectivity index (χ3n) is 5.27. The highest BCUT2D eigenvalue weighted by Crippen LogP contribution is 2.31. The van der Waals surface area contributed by atoms with Gasteiger partial charge in [0.1, 0.15) is 5.03 Å². The van der Waals surface area contributed by atoms with E-state index in [-0.39, 0.29) is 11.5 Å². The van der Waals surface area contributed by atoms with E-state index in [1.807, 2.05) is 30.3 Å². The minimum Gasteiger partial charge on any atom is -0.371 e. The van der Waals surface area contributed by atoms with Crippen LogP contribution in [0.1, 0.15) is 33.1 Å². The molecule has 0 radical (unpaired) electrons. The van der Waals surface area contributed by atoms with E-state index in [1.54, 1.807) is 17.8 Å². The fourth-order valence-corrected chi connectivity index (χ4v) is 3.82. The van der Waals surface area contributed by atoms with Gasteiger partial charge in [0.05, 0.1) is 18.8 Å². The summed E-state index contributed by atoms with van der Waals surface area (Å²) in [5.41, 5.74) is 0.895. The smallest absolute Gasteiger partial charge is 0.246 e. The normalized spacial score (nSPS) is 20.5. The fraction of sp³-hybridized carbons (Fsp3) is 0.632. The first-order chi connectivity index (χ1) is 12.5. The Balaban J connectivity index is 1.63. The quantitative estimate of drug-likeness (QED) is 0.457. The monoisotopic (exact) mass is 376 g/mol. The Morgan fingerprint density at radius 2 is 2.15 bits per heavy atom. The van der Waals surface area contributed by atoms with Crippen LogP contribution in [0.2, 0.25) is 0 Å². The topological polar surface area (TPSA) is 58.6 Å². The number of nitrogens with zero attached hydrogens (tertiary/aromatic N) is 4. The van der Waals surface area contributed by atoms with Gasteiger partial charge in [0.25, 0.3) is 0 Å². The van der Waals surface area contributed by atoms with Crippen molar-refractivity contribution >= 4 is 23.6 Å². The Morgan fingerprint density at radius 1 is 1.38 bits per heavy atom. The predicted octanol–water partition coefficient (Wildman–Crippen LogP) is 2.75. The Labute approximate surface area is 160 Å². The second-order valence-corrected chi connectivity index (χ2v) is 7.85. The lowest BCUT2D eigenvalue weighted by atomic mass is 9.89. The second kappa shape index (κ2) is 8.39. The van der Waals surface area contributed by atoms with Crippen molar-refractivity contribution in [1.82, 2.24) is 14.9 Å². The SMILES string of the molecule is CC/C(C)=C/C(=O)N1CCOC2(CCN(c3nccc(SC)n3)CC2)C1. The predicted molar refractivity (Wildman–Crippen MR) is 105 cm³/mol. The van der Waals surface area contributed by atoms with Crippen LogP contribution in [-0.4, -0.2) is 65.4 Å². The molecule has 0 saturated carbocycles. The first kappa shape index (κ1) is 19.2. The van der Waals surface area contributed by atoms with E-state index in [9.17, 15) is 4.79 Å². The molecule has 0 atom stereocenters. The molecule has 6 nitrogen and oxygen atoms in total. The molecule has 0 aliphatic carbocycles. The van der Waals surface area contributed by atoms with Crippen LogP contribution in [0.3, 0.4) is 0 Å². The minimum absolute atomic E-state index is 0.116. The molecule has 1 aromatic heterocycles. The van der Waals surface area contributed by atoms with Crippen molar-refractivity contribution in [2.24, 2.45) is 0 Å². The number of allylic oxidation sites excluding steroid dienone is 1. The summed E-state index contributed by atoms with van der Waals surface area (Å²) in [5.74, 6) is 0.905. The first-order valence-electron chi connectivity index (χ1n) is 9.27. The van der Waals surface area contributed by atoms with Gasteiger partial charge < -0.3 is 14.5 Å². The molecular formula is C19H28N4O2S. The highest BCUT2D eigenvalue weighted by molar-refractivity contribution is 7.98. The number of morpholine rings is 1. The van der Waals surface area contributed by atoms with Crippen molar-refractivity contribution in [3.8, 4) is 0 Å². The number of aromatic nitrogens is 2. The van der Waals surface area contributed by atoms with Crippen molar-refractivity contribution in [3.63, 3.8) is 0 Å². The van der Waals surface area contributed by atoms with Gasteiger partial charge in [-0.1, -0.05) is 12.5 Å². The van der Waals surface area contributed by atoms with Crippen LogP contribution in [0, 0.1) is 0 Å². The van der Waals surface area contributed by atoms with Gasteiger partial charge in [-0.2, -0.15) is 0 Å². The molecule has 0 N–H and O–H groups in total. The largest absolute Gasteiger partial charge is 0.371 e. The number of hydrogen-bond acceptors (Lipinski definition) is 6. The van der Waals surface area contributed by atoms with Crippen LogP contribution in [0.15, 0.2) is 28.9 Å². The summed E-state index contributed by atoms with van der Waals surface area (Å²) in [6, 6.07) is 1.93. The third kappa shape index (κ3) is 4.38. The van der Waals surface area contributed by atoms with Gasteiger partial charge in [0.15, 0.2) is 0 Å². The summed E-state index contributed by atoms with van der Waals surface area (Å²) in [4.78, 5) is 25.7. The molecule has 0 bridgehead atoms. The van der Waals surface area contributed by atoms with Crippen molar-refractivity contribution < 1.29 is 9.53 Å².